The molecule has 0 unspecified atom stereocenters. The highest BCUT2D eigenvalue weighted by Gasteiger charge is 2.44. The van der Waals surface area contributed by atoms with E-state index in [4.69, 9.17) is 0 Å². The van der Waals surface area contributed by atoms with E-state index in [0.717, 1.165) is 30.4 Å². The van der Waals surface area contributed by atoms with Crippen LogP contribution in [0.25, 0.3) is 0 Å². The summed E-state index contributed by atoms with van der Waals surface area (Å²) in [6.45, 7) is 13.2. The van der Waals surface area contributed by atoms with Crippen molar-refractivity contribution >= 4 is 5.78 Å². The van der Waals surface area contributed by atoms with Gasteiger partial charge < -0.3 is 16.9 Å². The molecule has 0 aromatic heterocycles. The molecule has 1 aliphatic heterocycles. The third kappa shape index (κ3) is 3.02. The summed E-state index contributed by atoms with van der Waals surface area (Å²) in [5, 5.41) is 0. The molecule has 0 atom stereocenters. The number of quaternary nitrogens is 1. The highest BCUT2D eigenvalue weighted by molar-refractivity contribution is 5.79. The van der Waals surface area contributed by atoms with Crippen LogP contribution in [0.5, 0.6) is 0 Å². The summed E-state index contributed by atoms with van der Waals surface area (Å²) in [7, 11) is 2.31. The van der Waals surface area contributed by atoms with Gasteiger partial charge in [0.15, 0.2) is 0 Å². The number of ketones is 1. The second-order valence-corrected chi connectivity index (χ2v) is 7.12. The van der Waals surface area contributed by atoms with Crippen molar-refractivity contribution in [2.45, 2.75) is 53.0 Å². The van der Waals surface area contributed by atoms with Crippen LogP contribution in [0.3, 0.4) is 0 Å². The molecule has 2 rings (SSSR count). The van der Waals surface area contributed by atoms with Crippen LogP contribution >= 0.6 is 0 Å². The summed E-state index contributed by atoms with van der Waals surface area (Å²) in [4.78, 5) is 11.6. The standard InChI is InChI=1S/C18H28NO.ClH/c1-13-7-8-17(15(3)14(13)2)18(4,5)19(6)11-9-16(20)10-12-19;/h7-8H,9-12H2,1-6H3;1H/q+1;/p-1. The molecule has 0 radical (unpaired) electrons. The molecule has 0 aliphatic carbocycles. The van der Waals surface area contributed by atoms with Crippen LogP contribution in [0.4, 0.5) is 0 Å². The number of piperidine rings is 1. The number of hydrogen-bond donors (Lipinski definition) is 0. The van der Waals surface area contributed by atoms with E-state index in [1.165, 1.54) is 22.3 Å². The van der Waals surface area contributed by atoms with Crippen molar-refractivity contribution in [1.82, 2.24) is 0 Å². The quantitative estimate of drug-likeness (QED) is 0.734. The fraction of sp³-hybridized carbons (Fsp3) is 0.611. The number of benzene rings is 1. The molecule has 0 amide bonds. The monoisotopic (exact) mass is 309 g/mol. The molecule has 1 fully saturated rings. The molecule has 2 nitrogen and oxygen atoms in total. The summed E-state index contributed by atoms with van der Waals surface area (Å²) in [6, 6.07) is 4.53. The molecule has 1 saturated heterocycles. The van der Waals surface area contributed by atoms with Gasteiger partial charge in [-0.2, -0.15) is 0 Å². The summed E-state index contributed by atoms with van der Waals surface area (Å²) >= 11 is 0. The van der Waals surface area contributed by atoms with Crippen LogP contribution in [0, 0.1) is 20.8 Å². The second kappa shape index (κ2) is 6.10. The summed E-state index contributed by atoms with van der Waals surface area (Å²) in [5.41, 5.74) is 5.64. The molecule has 1 aromatic carbocycles. The first kappa shape index (κ1) is 18.2. The van der Waals surface area contributed by atoms with Crippen molar-refractivity contribution in [1.29, 1.82) is 0 Å². The van der Waals surface area contributed by atoms with Crippen molar-refractivity contribution in [3.05, 3.63) is 34.4 Å². The number of likely N-dealkylation sites (tertiary alicyclic amines) is 1. The lowest BCUT2D eigenvalue weighted by Crippen LogP contribution is -3.00. The highest BCUT2D eigenvalue weighted by Crippen LogP contribution is 2.38. The minimum absolute atomic E-state index is 0. The predicted octanol–water partition coefficient (Wildman–Crippen LogP) is 0.660. The van der Waals surface area contributed by atoms with E-state index in [-0.39, 0.29) is 17.9 Å². The van der Waals surface area contributed by atoms with Crippen molar-refractivity contribution in [2.24, 2.45) is 0 Å². The van der Waals surface area contributed by atoms with E-state index in [2.05, 4.69) is 53.8 Å². The molecule has 0 N–H and O–H groups in total. The molecule has 118 valence electrons. The summed E-state index contributed by atoms with van der Waals surface area (Å²) in [5.74, 6) is 0.424. The van der Waals surface area contributed by atoms with Gasteiger partial charge >= 0.3 is 0 Å². The van der Waals surface area contributed by atoms with Gasteiger partial charge in [0, 0.05) is 5.56 Å². The maximum absolute atomic E-state index is 11.6. The predicted molar refractivity (Wildman–Crippen MR) is 83.8 cm³/mol. The van der Waals surface area contributed by atoms with Crippen LogP contribution in [-0.2, 0) is 10.3 Å². The van der Waals surface area contributed by atoms with Crippen molar-refractivity contribution < 1.29 is 21.7 Å². The maximum Gasteiger partial charge on any atom is 0.144 e. The number of carbonyl (C=O) groups excluding carboxylic acids is 1. The normalized spacial score (nSPS) is 18.3. The zero-order chi connectivity index (χ0) is 15.1. The van der Waals surface area contributed by atoms with E-state index in [1.807, 2.05) is 0 Å². The first-order valence-corrected chi connectivity index (χ1v) is 7.63. The molecule has 0 spiro atoms. The lowest BCUT2D eigenvalue weighted by Gasteiger charge is -2.50. The van der Waals surface area contributed by atoms with Crippen LogP contribution in [0.2, 0.25) is 0 Å². The van der Waals surface area contributed by atoms with Gasteiger partial charge in [0.1, 0.15) is 11.3 Å². The topological polar surface area (TPSA) is 17.1 Å². The average molecular weight is 310 g/mol. The Balaban J connectivity index is 0.00000220. The molecule has 1 heterocycles. The Hall–Kier alpha value is -0.860. The molecule has 21 heavy (non-hydrogen) atoms. The lowest BCUT2D eigenvalue weighted by molar-refractivity contribution is -0.964. The molecule has 1 aromatic rings. The van der Waals surface area contributed by atoms with Gasteiger partial charge in [-0.15, -0.1) is 0 Å². The molecule has 1 aliphatic rings. The molecular weight excluding hydrogens is 282 g/mol. The van der Waals surface area contributed by atoms with Crippen molar-refractivity contribution in [2.75, 3.05) is 20.1 Å². The third-order valence-electron chi connectivity index (χ3n) is 5.84. The molecule has 0 bridgehead atoms. The number of carbonyl (C=O) groups is 1. The van der Waals surface area contributed by atoms with Gasteiger partial charge in [0.25, 0.3) is 0 Å². The highest BCUT2D eigenvalue weighted by atomic mass is 35.5. The first-order chi connectivity index (χ1) is 9.19. The number of rotatable bonds is 2. The van der Waals surface area contributed by atoms with Gasteiger partial charge in [0.05, 0.1) is 33.0 Å². The Morgan fingerprint density at radius 3 is 2.05 bits per heavy atom. The van der Waals surface area contributed by atoms with E-state index < -0.39 is 0 Å². The smallest absolute Gasteiger partial charge is 0.144 e. The SMILES string of the molecule is Cc1ccc(C(C)(C)[N+]2(C)CCC(=O)CC2)c(C)c1C.[Cl-]. The Morgan fingerprint density at radius 1 is 1.00 bits per heavy atom. The molecule has 0 saturated carbocycles. The molecule has 3 heteroatoms. The number of hydrogen-bond acceptors (Lipinski definition) is 1. The summed E-state index contributed by atoms with van der Waals surface area (Å²) < 4.78 is 0.960. The Kier molecular flexibility index (Phi) is 5.28. The Bertz CT molecular complexity index is 538. The number of nitrogens with zero attached hydrogens (tertiary/aromatic N) is 1. The minimum Gasteiger partial charge on any atom is -1.00 e. The van der Waals surface area contributed by atoms with Gasteiger partial charge in [-0.25, -0.2) is 0 Å². The Labute approximate surface area is 135 Å². The number of halogens is 1. The first-order valence-electron chi connectivity index (χ1n) is 7.63. The molecular formula is C18H28ClNO. The van der Waals surface area contributed by atoms with Gasteiger partial charge in [0.2, 0.25) is 0 Å². The average Bonchev–Trinajstić information content (AvgIpc) is 2.39. The number of aryl methyl sites for hydroxylation is 1. The largest absolute Gasteiger partial charge is 1.00 e. The van der Waals surface area contributed by atoms with E-state index in [1.54, 1.807) is 0 Å². The number of Topliss-reactive ketones (excluding diaryl/α,β-unsaturated/α-hetero) is 1. The van der Waals surface area contributed by atoms with E-state index >= 15 is 0 Å². The van der Waals surface area contributed by atoms with Crippen LogP contribution in [0.1, 0.15) is 48.9 Å². The summed E-state index contributed by atoms with van der Waals surface area (Å²) in [6.07, 6.45) is 1.45. The third-order valence-corrected chi connectivity index (χ3v) is 5.84. The van der Waals surface area contributed by atoms with Crippen LogP contribution in [-0.4, -0.2) is 30.4 Å². The second-order valence-electron chi connectivity index (χ2n) is 7.12. The minimum atomic E-state index is 0. The van der Waals surface area contributed by atoms with Crippen LogP contribution in [0.15, 0.2) is 12.1 Å². The zero-order valence-electron chi connectivity index (χ0n) is 14.2. The van der Waals surface area contributed by atoms with E-state index in [0.29, 0.717) is 5.78 Å². The van der Waals surface area contributed by atoms with E-state index in [9.17, 15) is 4.79 Å². The lowest BCUT2D eigenvalue weighted by atomic mass is 9.82. The van der Waals surface area contributed by atoms with Gasteiger partial charge in [-0.1, -0.05) is 12.1 Å². The van der Waals surface area contributed by atoms with Gasteiger partial charge in [-0.3, -0.25) is 4.79 Å². The van der Waals surface area contributed by atoms with Crippen molar-refractivity contribution in [3.8, 4) is 0 Å². The zero-order valence-corrected chi connectivity index (χ0v) is 15.0. The Morgan fingerprint density at radius 2 is 1.52 bits per heavy atom. The fourth-order valence-electron chi connectivity index (χ4n) is 3.45. The van der Waals surface area contributed by atoms with Crippen LogP contribution < -0.4 is 12.4 Å². The van der Waals surface area contributed by atoms with Crippen molar-refractivity contribution in [3.63, 3.8) is 0 Å². The van der Waals surface area contributed by atoms with Gasteiger partial charge in [-0.05, 0) is 51.3 Å². The fourth-order valence-corrected chi connectivity index (χ4v) is 3.45. The maximum atomic E-state index is 11.6.